The van der Waals surface area contributed by atoms with Gasteiger partial charge in [-0.3, -0.25) is 19.5 Å². The number of halogens is 1. The molecule has 2 N–H and O–H groups in total. The van der Waals surface area contributed by atoms with Crippen molar-refractivity contribution in [2.24, 2.45) is 0 Å². The summed E-state index contributed by atoms with van der Waals surface area (Å²) in [6.45, 7) is 1.42. The van der Waals surface area contributed by atoms with Crippen LogP contribution in [0.15, 0.2) is 59.1 Å². The molecule has 1 atom stereocenters. The minimum Gasteiger partial charge on any atom is -0.361 e. The van der Waals surface area contributed by atoms with Crippen LogP contribution in [0.4, 0.5) is 5.82 Å². The summed E-state index contributed by atoms with van der Waals surface area (Å²) in [5.41, 5.74) is 1.76. The molecular weight excluding hydrogens is 456 g/mol. The summed E-state index contributed by atoms with van der Waals surface area (Å²) in [5, 5.41) is 15.0. The van der Waals surface area contributed by atoms with E-state index >= 15 is 0 Å². The molecule has 174 valence electrons. The number of hydrogen-bond donors (Lipinski definition) is 2. The van der Waals surface area contributed by atoms with Crippen LogP contribution in [0, 0.1) is 0 Å². The highest BCUT2D eigenvalue weighted by atomic mass is 35.5. The number of benzene rings is 2. The van der Waals surface area contributed by atoms with Crippen LogP contribution in [0.3, 0.4) is 0 Å². The molecule has 0 radical (unpaired) electrons. The number of rotatable bonds is 10. The van der Waals surface area contributed by atoms with Gasteiger partial charge in [0.1, 0.15) is 17.2 Å². The Morgan fingerprint density at radius 2 is 1.88 bits per heavy atom. The zero-order valence-corrected chi connectivity index (χ0v) is 19.3. The fraction of sp³-hybridized carbons (Fsp3) is 0.240. The molecule has 4 rings (SSSR count). The molecule has 1 amide bonds. The third kappa shape index (κ3) is 5.58. The highest BCUT2D eigenvalue weighted by Crippen LogP contribution is 2.27. The molecule has 0 aliphatic rings. The normalized spacial score (nSPS) is 11.9. The summed E-state index contributed by atoms with van der Waals surface area (Å²) >= 11 is 6.01. The van der Waals surface area contributed by atoms with Gasteiger partial charge in [0.05, 0.1) is 11.4 Å². The Morgan fingerprint density at radius 1 is 1.12 bits per heavy atom. The summed E-state index contributed by atoms with van der Waals surface area (Å²) < 4.78 is 5.13. The smallest absolute Gasteiger partial charge is 0.233 e. The summed E-state index contributed by atoms with van der Waals surface area (Å²) in [6, 6.07) is 15.9. The standard InChI is InChI=1S/C25H23ClN4O4/c1-15(31)23-14-19(34-30-23)6-4-5-18(32)13-21(16-9-11-17(26)12-10-16)25(33)27-24-20-7-2-3-8-22(20)28-29-24/h2-3,7-12,14,21H,4-6,13H2,1H3,(H2,27,28,29,33). The van der Waals surface area contributed by atoms with Crippen molar-refractivity contribution in [1.29, 1.82) is 0 Å². The molecule has 0 aliphatic heterocycles. The van der Waals surface area contributed by atoms with Crippen LogP contribution < -0.4 is 5.32 Å². The molecule has 0 fully saturated rings. The van der Waals surface area contributed by atoms with Crippen molar-refractivity contribution in [1.82, 2.24) is 15.4 Å². The second kappa shape index (κ2) is 10.4. The van der Waals surface area contributed by atoms with Crippen LogP contribution in [-0.2, 0) is 16.0 Å². The molecule has 2 aromatic heterocycles. The molecule has 0 bridgehead atoms. The largest absolute Gasteiger partial charge is 0.361 e. The van der Waals surface area contributed by atoms with Crippen LogP contribution in [-0.4, -0.2) is 32.8 Å². The number of nitrogens with zero attached hydrogens (tertiary/aromatic N) is 2. The third-order valence-corrected chi connectivity index (χ3v) is 5.78. The van der Waals surface area contributed by atoms with Crippen molar-refractivity contribution < 1.29 is 18.9 Å². The number of nitrogens with one attached hydrogen (secondary N) is 2. The zero-order valence-electron chi connectivity index (χ0n) is 18.5. The van der Waals surface area contributed by atoms with Gasteiger partial charge in [0.25, 0.3) is 0 Å². The minimum absolute atomic E-state index is 0.0327. The summed E-state index contributed by atoms with van der Waals surface area (Å²) in [5.74, 6) is -0.293. The lowest BCUT2D eigenvalue weighted by atomic mass is 9.91. The lowest BCUT2D eigenvalue weighted by molar-refractivity contribution is -0.124. The Balaban J connectivity index is 1.43. The minimum atomic E-state index is -0.699. The van der Waals surface area contributed by atoms with Crippen LogP contribution in [0.2, 0.25) is 5.02 Å². The van der Waals surface area contributed by atoms with E-state index in [2.05, 4.69) is 20.7 Å². The molecule has 2 aromatic carbocycles. The number of para-hydroxylation sites is 1. The predicted molar refractivity (Wildman–Crippen MR) is 128 cm³/mol. The highest BCUT2D eigenvalue weighted by molar-refractivity contribution is 6.30. The molecule has 9 heteroatoms. The van der Waals surface area contributed by atoms with Gasteiger partial charge in [-0.2, -0.15) is 5.10 Å². The quantitative estimate of drug-likeness (QED) is 0.306. The zero-order chi connectivity index (χ0) is 24.1. The van der Waals surface area contributed by atoms with Crippen molar-refractivity contribution in [3.8, 4) is 0 Å². The maximum atomic E-state index is 13.2. The van der Waals surface area contributed by atoms with Gasteiger partial charge in [0.2, 0.25) is 5.91 Å². The number of hydrogen-bond acceptors (Lipinski definition) is 6. The highest BCUT2D eigenvalue weighted by Gasteiger charge is 2.25. The number of aromatic nitrogens is 3. The van der Waals surface area contributed by atoms with Gasteiger partial charge in [-0.1, -0.05) is 41.0 Å². The van der Waals surface area contributed by atoms with Crippen LogP contribution in [0.25, 0.3) is 10.9 Å². The molecule has 0 spiro atoms. The second-order valence-corrected chi connectivity index (χ2v) is 8.48. The van der Waals surface area contributed by atoms with E-state index in [1.807, 2.05) is 24.3 Å². The first-order valence-electron chi connectivity index (χ1n) is 10.9. The topological polar surface area (TPSA) is 118 Å². The van der Waals surface area contributed by atoms with Crippen LogP contribution in [0.1, 0.15) is 53.9 Å². The van der Waals surface area contributed by atoms with Gasteiger partial charge >= 0.3 is 0 Å². The fourth-order valence-electron chi connectivity index (χ4n) is 3.71. The van der Waals surface area contributed by atoms with Crippen molar-refractivity contribution in [2.45, 2.75) is 38.5 Å². The fourth-order valence-corrected chi connectivity index (χ4v) is 3.83. The molecule has 4 aromatic rings. The third-order valence-electron chi connectivity index (χ3n) is 5.53. The first kappa shape index (κ1) is 23.4. The van der Waals surface area contributed by atoms with Gasteiger partial charge in [0, 0.05) is 42.7 Å². The van der Waals surface area contributed by atoms with E-state index in [4.69, 9.17) is 16.1 Å². The molecule has 0 aliphatic carbocycles. The number of aromatic amines is 1. The summed E-state index contributed by atoms with van der Waals surface area (Å²) in [4.78, 5) is 37.4. The first-order chi connectivity index (χ1) is 16.4. The average molecular weight is 479 g/mol. The number of aryl methyl sites for hydroxylation is 1. The molecule has 2 heterocycles. The summed E-state index contributed by atoms with van der Waals surface area (Å²) in [7, 11) is 0. The summed E-state index contributed by atoms with van der Waals surface area (Å²) in [6.07, 6.45) is 1.29. The van der Waals surface area contributed by atoms with Crippen molar-refractivity contribution in [2.75, 3.05) is 5.32 Å². The molecule has 34 heavy (non-hydrogen) atoms. The molecule has 8 nitrogen and oxygen atoms in total. The van der Waals surface area contributed by atoms with Gasteiger partial charge in [-0.15, -0.1) is 0 Å². The number of amides is 1. The van der Waals surface area contributed by atoms with E-state index in [0.717, 1.165) is 10.9 Å². The Hall–Kier alpha value is -3.78. The van der Waals surface area contributed by atoms with Gasteiger partial charge in [-0.25, -0.2) is 0 Å². The van der Waals surface area contributed by atoms with E-state index in [9.17, 15) is 14.4 Å². The number of fused-ring (bicyclic) bond motifs is 1. The van der Waals surface area contributed by atoms with Crippen LogP contribution >= 0.6 is 11.6 Å². The van der Waals surface area contributed by atoms with Gasteiger partial charge in [-0.05, 0) is 36.2 Å². The Bertz CT molecular complexity index is 1330. The molecule has 1 unspecified atom stereocenters. The Morgan fingerprint density at radius 3 is 2.62 bits per heavy atom. The number of carbonyl (C=O) groups excluding carboxylic acids is 3. The lowest BCUT2D eigenvalue weighted by Crippen LogP contribution is -2.24. The SMILES string of the molecule is CC(=O)c1cc(CCCC(=O)CC(C(=O)Nc2n[nH]c3ccccc23)c2ccc(Cl)cc2)on1. The van der Waals surface area contributed by atoms with Gasteiger partial charge in [0.15, 0.2) is 11.6 Å². The van der Waals surface area contributed by atoms with E-state index in [-0.39, 0.29) is 36.0 Å². The van der Waals surface area contributed by atoms with Gasteiger partial charge < -0.3 is 9.84 Å². The first-order valence-corrected chi connectivity index (χ1v) is 11.3. The van der Waals surface area contributed by atoms with E-state index in [1.54, 1.807) is 30.3 Å². The Labute approximate surface area is 200 Å². The number of H-pyrrole nitrogens is 1. The monoisotopic (exact) mass is 478 g/mol. The number of ketones is 2. The molecular formula is C25H23ClN4O4. The Kier molecular flexibility index (Phi) is 7.18. The second-order valence-electron chi connectivity index (χ2n) is 8.04. The lowest BCUT2D eigenvalue weighted by Gasteiger charge is -2.16. The molecule has 0 saturated heterocycles. The van der Waals surface area contributed by atoms with Crippen molar-refractivity contribution in [3.63, 3.8) is 0 Å². The van der Waals surface area contributed by atoms with E-state index < -0.39 is 5.92 Å². The number of carbonyl (C=O) groups is 3. The van der Waals surface area contributed by atoms with E-state index in [1.165, 1.54) is 6.92 Å². The maximum Gasteiger partial charge on any atom is 0.233 e. The number of Topliss-reactive ketones (excluding diaryl/α,β-unsaturated/α-hetero) is 2. The van der Waals surface area contributed by atoms with E-state index in [0.29, 0.717) is 35.0 Å². The molecule has 0 saturated carbocycles. The predicted octanol–water partition coefficient (Wildman–Crippen LogP) is 5.11. The average Bonchev–Trinajstić information content (AvgIpc) is 3.46. The van der Waals surface area contributed by atoms with Crippen LogP contribution in [0.5, 0.6) is 0 Å². The number of anilines is 1. The van der Waals surface area contributed by atoms with Crippen molar-refractivity contribution in [3.05, 3.63) is 76.6 Å². The maximum absolute atomic E-state index is 13.2. The van der Waals surface area contributed by atoms with Crippen molar-refractivity contribution >= 4 is 45.8 Å².